The number of esters is 1. The first-order valence-electron chi connectivity index (χ1n) is 8.32. The third-order valence-electron chi connectivity index (χ3n) is 4.09. The number of carbonyl (C=O) groups is 2. The lowest BCUT2D eigenvalue weighted by molar-refractivity contribution is -0.123. The Morgan fingerprint density at radius 2 is 1.78 bits per heavy atom. The second-order valence-electron chi connectivity index (χ2n) is 5.91. The molecule has 0 aliphatic heterocycles. The molecule has 3 rings (SSSR count). The molecule has 0 fully saturated rings. The number of ether oxygens (including phenoxy) is 2. The number of nitrogens with one attached hydrogen (secondary N) is 1. The monoisotopic (exact) mass is 367 g/mol. The van der Waals surface area contributed by atoms with Gasteiger partial charge in [0.2, 0.25) is 0 Å². The zero-order valence-corrected chi connectivity index (χ0v) is 14.9. The normalized spacial score (nSPS) is 11.7. The van der Waals surface area contributed by atoms with Crippen LogP contribution >= 0.6 is 0 Å². The van der Waals surface area contributed by atoms with Gasteiger partial charge >= 0.3 is 5.97 Å². The van der Waals surface area contributed by atoms with Crippen LogP contribution in [0.1, 0.15) is 17.3 Å². The van der Waals surface area contributed by atoms with Crippen LogP contribution in [0.15, 0.2) is 60.7 Å². The largest absolute Gasteiger partial charge is 0.494 e. The zero-order valence-electron chi connectivity index (χ0n) is 14.9. The summed E-state index contributed by atoms with van der Waals surface area (Å²) in [7, 11) is 1.33. The van der Waals surface area contributed by atoms with Crippen LogP contribution in [0.3, 0.4) is 0 Å². The molecule has 1 N–H and O–H groups in total. The van der Waals surface area contributed by atoms with E-state index in [1.54, 1.807) is 6.07 Å². The first-order valence-corrected chi connectivity index (χ1v) is 8.32. The fourth-order valence-electron chi connectivity index (χ4n) is 2.64. The summed E-state index contributed by atoms with van der Waals surface area (Å²) in [6.07, 6.45) is -1.05. The van der Waals surface area contributed by atoms with E-state index >= 15 is 0 Å². The molecule has 0 spiro atoms. The highest BCUT2D eigenvalue weighted by Gasteiger charge is 2.20. The molecule has 3 aromatic carbocycles. The van der Waals surface area contributed by atoms with Gasteiger partial charge in [-0.3, -0.25) is 4.79 Å². The van der Waals surface area contributed by atoms with Crippen LogP contribution in [-0.2, 0) is 9.53 Å². The van der Waals surface area contributed by atoms with Crippen molar-refractivity contribution in [2.24, 2.45) is 0 Å². The Morgan fingerprint density at radius 1 is 1.04 bits per heavy atom. The molecule has 0 saturated carbocycles. The molecule has 6 heteroatoms. The van der Waals surface area contributed by atoms with E-state index in [1.165, 1.54) is 26.2 Å². The number of carbonyl (C=O) groups excluding carboxylic acids is 2. The summed E-state index contributed by atoms with van der Waals surface area (Å²) < 4.78 is 23.7. The summed E-state index contributed by atoms with van der Waals surface area (Å²) >= 11 is 0. The lowest BCUT2D eigenvalue weighted by Crippen LogP contribution is -2.30. The molecule has 0 unspecified atom stereocenters. The topological polar surface area (TPSA) is 64.6 Å². The Morgan fingerprint density at radius 3 is 2.52 bits per heavy atom. The van der Waals surface area contributed by atoms with Crippen molar-refractivity contribution in [3.8, 4) is 5.75 Å². The molecule has 1 atom stereocenters. The summed E-state index contributed by atoms with van der Waals surface area (Å²) in [5.41, 5.74) is 0.620. The summed E-state index contributed by atoms with van der Waals surface area (Å²) in [6.45, 7) is 1.46. The molecule has 3 aromatic rings. The standard InChI is InChI=1S/C21H18FNO4/c1-13(27-21(25)15-10-11-19(26-2)17(22)12-15)20(24)23-18-9-5-7-14-6-3-4-8-16(14)18/h3-13H,1-2H3,(H,23,24)/t13-/m0/s1. The Balaban J connectivity index is 1.70. The second-order valence-corrected chi connectivity index (χ2v) is 5.91. The maximum atomic E-state index is 13.7. The summed E-state index contributed by atoms with van der Waals surface area (Å²) in [5, 5.41) is 4.62. The van der Waals surface area contributed by atoms with Gasteiger partial charge in [-0.15, -0.1) is 0 Å². The Labute approximate surface area is 155 Å². The minimum absolute atomic E-state index is 0.00175. The van der Waals surface area contributed by atoms with E-state index in [9.17, 15) is 14.0 Å². The molecular weight excluding hydrogens is 349 g/mol. The van der Waals surface area contributed by atoms with Crippen LogP contribution in [0.5, 0.6) is 5.75 Å². The third kappa shape index (κ3) is 4.06. The molecule has 0 aromatic heterocycles. The average Bonchev–Trinajstić information content (AvgIpc) is 2.68. The molecule has 0 saturated heterocycles. The van der Waals surface area contributed by atoms with E-state index in [4.69, 9.17) is 9.47 Å². The average molecular weight is 367 g/mol. The summed E-state index contributed by atoms with van der Waals surface area (Å²) in [6, 6.07) is 16.9. The van der Waals surface area contributed by atoms with E-state index in [1.807, 2.05) is 36.4 Å². The van der Waals surface area contributed by atoms with Gasteiger partial charge in [0, 0.05) is 11.1 Å². The van der Waals surface area contributed by atoms with Crippen LogP contribution < -0.4 is 10.1 Å². The van der Waals surface area contributed by atoms with Crippen molar-refractivity contribution < 1.29 is 23.5 Å². The smallest absolute Gasteiger partial charge is 0.339 e. The third-order valence-corrected chi connectivity index (χ3v) is 4.09. The van der Waals surface area contributed by atoms with Gasteiger partial charge in [0.15, 0.2) is 17.7 Å². The van der Waals surface area contributed by atoms with Gasteiger partial charge in [0.25, 0.3) is 5.91 Å². The summed E-state index contributed by atoms with van der Waals surface area (Å²) in [4.78, 5) is 24.6. The molecule has 0 aliphatic carbocycles. The quantitative estimate of drug-likeness (QED) is 0.688. The molecule has 0 radical (unpaired) electrons. The van der Waals surface area contributed by atoms with Crippen molar-refractivity contribution >= 4 is 28.3 Å². The van der Waals surface area contributed by atoms with Crippen molar-refractivity contribution in [1.82, 2.24) is 0 Å². The van der Waals surface area contributed by atoms with Crippen LogP contribution in [0.25, 0.3) is 10.8 Å². The highest BCUT2D eigenvalue weighted by molar-refractivity contribution is 6.04. The number of methoxy groups -OCH3 is 1. The van der Waals surface area contributed by atoms with Crippen LogP contribution in [0, 0.1) is 5.82 Å². The molecule has 1 amide bonds. The Kier molecular flexibility index (Phi) is 5.35. The van der Waals surface area contributed by atoms with E-state index in [0.717, 1.165) is 16.8 Å². The number of hydrogen-bond acceptors (Lipinski definition) is 4. The molecule has 27 heavy (non-hydrogen) atoms. The number of anilines is 1. The number of fused-ring (bicyclic) bond motifs is 1. The van der Waals surface area contributed by atoms with E-state index < -0.39 is 23.8 Å². The van der Waals surface area contributed by atoms with E-state index in [-0.39, 0.29) is 11.3 Å². The molecule has 0 aliphatic rings. The predicted octanol–water partition coefficient (Wildman–Crippen LogP) is 4.17. The van der Waals surface area contributed by atoms with E-state index in [0.29, 0.717) is 5.69 Å². The van der Waals surface area contributed by atoms with Crippen molar-refractivity contribution in [1.29, 1.82) is 0 Å². The van der Waals surface area contributed by atoms with Gasteiger partial charge in [-0.05, 0) is 36.6 Å². The van der Waals surface area contributed by atoms with Gasteiger partial charge in [-0.25, -0.2) is 9.18 Å². The van der Waals surface area contributed by atoms with Gasteiger partial charge in [-0.1, -0.05) is 36.4 Å². The fraction of sp³-hybridized carbons (Fsp3) is 0.143. The molecule has 0 heterocycles. The van der Waals surface area contributed by atoms with Crippen LogP contribution in [-0.4, -0.2) is 25.1 Å². The second kappa shape index (κ2) is 7.86. The van der Waals surface area contributed by atoms with Crippen molar-refractivity contribution in [2.75, 3.05) is 12.4 Å². The van der Waals surface area contributed by atoms with Crippen molar-refractivity contribution in [3.63, 3.8) is 0 Å². The zero-order chi connectivity index (χ0) is 19.4. The Hall–Kier alpha value is -3.41. The summed E-state index contributed by atoms with van der Waals surface area (Å²) in [5.74, 6) is -1.93. The van der Waals surface area contributed by atoms with Gasteiger partial charge < -0.3 is 14.8 Å². The first-order chi connectivity index (χ1) is 13.0. The number of halogens is 1. The first kappa shape index (κ1) is 18.4. The van der Waals surface area contributed by atoms with E-state index in [2.05, 4.69) is 5.32 Å². The minimum Gasteiger partial charge on any atom is -0.494 e. The SMILES string of the molecule is COc1ccc(C(=O)O[C@@H](C)C(=O)Nc2cccc3ccccc23)cc1F. The number of rotatable bonds is 5. The fourth-order valence-corrected chi connectivity index (χ4v) is 2.64. The Bertz CT molecular complexity index is 997. The van der Waals surface area contributed by atoms with Crippen molar-refractivity contribution in [2.45, 2.75) is 13.0 Å². The van der Waals surface area contributed by atoms with Gasteiger partial charge in [0.1, 0.15) is 0 Å². The molecule has 0 bridgehead atoms. The highest BCUT2D eigenvalue weighted by Crippen LogP contribution is 2.23. The number of hydrogen-bond donors (Lipinski definition) is 1. The van der Waals surface area contributed by atoms with Gasteiger partial charge in [0.05, 0.1) is 12.7 Å². The number of amides is 1. The predicted molar refractivity (Wildman–Crippen MR) is 100 cm³/mol. The van der Waals surface area contributed by atoms with Crippen LogP contribution in [0.4, 0.5) is 10.1 Å². The lowest BCUT2D eigenvalue weighted by Gasteiger charge is -2.15. The highest BCUT2D eigenvalue weighted by atomic mass is 19.1. The maximum absolute atomic E-state index is 13.7. The van der Waals surface area contributed by atoms with Crippen LogP contribution in [0.2, 0.25) is 0 Å². The lowest BCUT2D eigenvalue weighted by atomic mass is 10.1. The van der Waals surface area contributed by atoms with Gasteiger partial charge in [-0.2, -0.15) is 0 Å². The molecule has 138 valence electrons. The maximum Gasteiger partial charge on any atom is 0.339 e. The van der Waals surface area contributed by atoms with Crippen molar-refractivity contribution in [3.05, 3.63) is 72.0 Å². The molecular formula is C21H18FNO4. The number of benzene rings is 3. The molecule has 5 nitrogen and oxygen atoms in total. The minimum atomic E-state index is -1.05.